The van der Waals surface area contributed by atoms with E-state index >= 15 is 0 Å². The van der Waals surface area contributed by atoms with Crippen LogP contribution in [0.2, 0.25) is 0 Å². The van der Waals surface area contributed by atoms with E-state index < -0.39 is 0 Å². The minimum absolute atomic E-state index is 0.373. The van der Waals surface area contributed by atoms with Crippen LogP contribution < -0.4 is 4.90 Å². The number of carbonyl (C=O) groups is 1. The molecule has 0 spiro atoms. The Morgan fingerprint density at radius 1 is 1.19 bits per heavy atom. The molecule has 1 saturated carbocycles. The summed E-state index contributed by atoms with van der Waals surface area (Å²) in [7, 11) is 4.09. The van der Waals surface area contributed by atoms with Crippen LogP contribution in [0.5, 0.6) is 0 Å². The second-order valence-corrected chi connectivity index (χ2v) is 8.19. The largest absolute Gasteiger partial charge is 0.361 e. The van der Waals surface area contributed by atoms with Gasteiger partial charge in [-0.05, 0) is 43.7 Å². The van der Waals surface area contributed by atoms with Gasteiger partial charge in [0.2, 0.25) is 5.91 Å². The lowest BCUT2D eigenvalue weighted by atomic mass is 9.93. The number of rotatable bonds is 4. The fourth-order valence-corrected chi connectivity index (χ4v) is 4.59. The van der Waals surface area contributed by atoms with Crippen LogP contribution in [0.3, 0.4) is 0 Å². The zero-order chi connectivity index (χ0) is 18.1. The number of aromatic nitrogens is 2. The number of carbonyl (C=O) groups excluding carboxylic acids is 1. The fraction of sp³-hybridized carbons (Fsp3) is 0.619. The molecule has 2 aromatic rings. The number of hydrogen-bond acceptors (Lipinski definition) is 3. The lowest BCUT2D eigenvalue weighted by molar-refractivity contribution is -0.133. The Bertz CT molecular complexity index is 767. The van der Waals surface area contributed by atoms with E-state index in [1.807, 2.05) is 14.1 Å². The molecule has 0 radical (unpaired) electrons. The summed E-state index contributed by atoms with van der Waals surface area (Å²) in [4.78, 5) is 21.7. The molecule has 0 N–H and O–H groups in total. The van der Waals surface area contributed by atoms with Crippen LogP contribution in [-0.2, 0) is 4.79 Å². The third-order valence-corrected chi connectivity index (χ3v) is 6.14. The van der Waals surface area contributed by atoms with Crippen molar-refractivity contribution in [2.75, 3.05) is 32.1 Å². The summed E-state index contributed by atoms with van der Waals surface area (Å²) in [6.07, 6.45) is 12.2. The highest BCUT2D eigenvalue weighted by molar-refractivity contribution is 5.76. The van der Waals surface area contributed by atoms with Gasteiger partial charge in [-0.1, -0.05) is 12.8 Å². The second-order valence-electron chi connectivity index (χ2n) is 8.19. The van der Waals surface area contributed by atoms with Crippen LogP contribution in [0.4, 0.5) is 5.82 Å². The van der Waals surface area contributed by atoms with E-state index in [4.69, 9.17) is 4.98 Å². The molecule has 1 saturated heterocycles. The highest BCUT2D eigenvalue weighted by atomic mass is 16.2. The number of fused-ring (bicyclic) bond motifs is 1. The van der Waals surface area contributed by atoms with E-state index in [1.54, 1.807) is 0 Å². The maximum Gasteiger partial charge on any atom is 0.222 e. The highest BCUT2D eigenvalue weighted by Crippen LogP contribution is 2.32. The molecule has 1 amide bonds. The van der Waals surface area contributed by atoms with E-state index in [2.05, 4.69) is 38.7 Å². The van der Waals surface area contributed by atoms with E-state index in [0.29, 0.717) is 17.7 Å². The smallest absolute Gasteiger partial charge is 0.222 e. The maximum absolute atomic E-state index is 12.6. The highest BCUT2D eigenvalue weighted by Gasteiger charge is 2.27. The summed E-state index contributed by atoms with van der Waals surface area (Å²) in [6.45, 7) is 1.75. The van der Waals surface area contributed by atoms with Gasteiger partial charge in [-0.2, -0.15) is 0 Å². The van der Waals surface area contributed by atoms with Gasteiger partial charge in [0.15, 0.2) is 5.82 Å². The van der Waals surface area contributed by atoms with Crippen molar-refractivity contribution in [1.82, 2.24) is 14.3 Å². The predicted octanol–water partition coefficient (Wildman–Crippen LogP) is 3.69. The average Bonchev–Trinajstić information content (AvgIpc) is 3.32. The Morgan fingerprint density at radius 2 is 1.92 bits per heavy atom. The zero-order valence-corrected chi connectivity index (χ0v) is 16.0. The predicted molar refractivity (Wildman–Crippen MR) is 105 cm³/mol. The van der Waals surface area contributed by atoms with Gasteiger partial charge in [0.1, 0.15) is 0 Å². The monoisotopic (exact) mass is 354 g/mol. The average molecular weight is 354 g/mol. The van der Waals surface area contributed by atoms with E-state index in [1.165, 1.54) is 25.7 Å². The van der Waals surface area contributed by atoms with Crippen molar-refractivity contribution in [3.63, 3.8) is 0 Å². The number of piperidine rings is 1. The summed E-state index contributed by atoms with van der Waals surface area (Å²) >= 11 is 0. The van der Waals surface area contributed by atoms with Crippen LogP contribution in [0.25, 0.3) is 5.52 Å². The Hall–Kier alpha value is -2.04. The molecule has 0 atom stereocenters. The van der Waals surface area contributed by atoms with Crippen LogP contribution in [0.1, 0.15) is 56.6 Å². The molecular weight excluding hydrogens is 324 g/mol. The SMILES string of the molecule is CN(C)c1nc(C2CCN(C(=O)CC3CCCC3)CC2)cn2cccc12. The van der Waals surface area contributed by atoms with E-state index in [9.17, 15) is 4.79 Å². The van der Waals surface area contributed by atoms with Crippen molar-refractivity contribution >= 4 is 17.2 Å². The minimum atomic E-state index is 0.373. The maximum atomic E-state index is 12.6. The molecule has 1 aliphatic heterocycles. The molecule has 1 aliphatic carbocycles. The third-order valence-electron chi connectivity index (χ3n) is 6.14. The number of amides is 1. The van der Waals surface area contributed by atoms with Gasteiger partial charge in [-0.3, -0.25) is 4.79 Å². The molecule has 5 heteroatoms. The second kappa shape index (κ2) is 7.29. The summed E-state index contributed by atoms with van der Waals surface area (Å²) in [5, 5.41) is 0. The van der Waals surface area contributed by atoms with Gasteiger partial charge >= 0.3 is 0 Å². The van der Waals surface area contributed by atoms with Crippen molar-refractivity contribution in [2.24, 2.45) is 5.92 Å². The fourth-order valence-electron chi connectivity index (χ4n) is 4.59. The first-order valence-electron chi connectivity index (χ1n) is 10.0. The number of hydrogen-bond donors (Lipinski definition) is 0. The molecule has 3 heterocycles. The van der Waals surface area contributed by atoms with E-state index in [0.717, 1.165) is 49.4 Å². The van der Waals surface area contributed by atoms with Crippen LogP contribution in [0, 0.1) is 5.92 Å². The Kier molecular flexibility index (Phi) is 4.88. The van der Waals surface area contributed by atoms with Gasteiger partial charge in [0.05, 0.1) is 11.2 Å². The van der Waals surface area contributed by atoms with Crippen molar-refractivity contribution < 1.29 is 4.79 Å². The van der Waals surface area contributed by atoms with Crippen molar-refractivity contribution in [3.8, 4) is 0 Å². The van der Waals surface area contributed by atoms with Gasteiger partial charge in [-0.25, -0.2) is 4.98 Å². The van der Waals surface area contributed by atoms with Gasteiger partial charge in [-0.15, -0.1) is 0 Å². The minimum Gasteiger partial charge on any atom is -0.361 e. The Labute approximate surface area is 156 Å². The Balaban J connectivity index is 1.43. The molecule has 0 bridgehead atoms. The molecule has 0 aromatic carbocycles. The summed E-state index contributed by atoms with van der Waals surface area (Å²) < 4.78 is 2.18. The molecule has 26 heavy (non-hydrogen) atoms. The van der Waals surface area contributed by atoms with Gasteiger partial charge < -0.3 is 14.2 Å². The lowest BCUT2D eigenvalue weighted by Crippen LogP contribution is -2.38. The van der Waals surface area contributed by atoms with Crippen molar-refractivity contribution in [3.05, 3.63) is 30.2 Å². The standard InChI is InChI=1S/C21H30N4O/c1-23(2)21-19-8-5-11-25(19)15-18(22-21)17-9-12-24(13-10-17)20(26)14-16-6-3-4-7-16/h5,8,11,15-17H,3-4,6-7,9-10,12-14H2,1-2H3. The van der Waals surface area contributed by atoms with Crippen LogP contribution in [0.15, 0.2) is 24.5 Å². The molecule has 2 aromatic heterocycles. The summed E-state index contributed by atoms with van der Waals surface area (Å²) in [5.74, 6) is 2.47. The number of nitrogens with zero attached hydrogens (tertiary/aromatic N) is 4. The van der Waals surface area contributed by atoms with Crippen molar-refractivity contribution in [1.29, 1.82) is 0 Å². The third kappa shape index (κ3) is 3.44. The molecule has 2 aliphatic rings. The zero-order valence-electron chi connectivity index (χ0n) is 16.0. The first-order chi connectivity index (χ1) is 12.6. The summed E-state index contributed by atoms with van der Waals surface area (Å²) in [5.41, 5.74) is 2.29. The van der Waals surface area contributed by atoms with Crippen LogP contribution in [-0.4, -0.2) is 47.4 Å². The molecule has 140 valence electrons. The quantitative estimate of drug-likeness (QED) is 0.841. The first-order valence-corrected chi connectivity index (χ1v) is 10.0. The van der Waals surface area contributed by atoms with Gasteiger partial charge in [0, 0.05) is 51.9 Å². The first kappa shape index (κ1) is 17.4. The Morgan fingerprint density at radius 3 is 2.62 bits per heavy atom. The summed E-state index contributed by atoms with van der Waals surface area (Å²) in [6, 6.07) is 4.18. The number of likely N-dealkylation sites (tertiary alicyclic amines) is 1. The van der Waals surface area contributed by atoms with Crippen molar-refractivity contribution in [2.45, 2.75) is 50.9 Å². The lowest BCUT2D eigenvalue weighted by Gasteiger charge is -2.32. The normalized spacial score (nSPS) is 19.4. The molecular formula is C21H30N4O. The molecule has 4 rings (SSSR count). The van der Waals surface area contributed by atoms with E-state index in [-0.39, 0.29) is 0 Å². The number of anilines is 1. The molecule has 2 fully saturated rings. The topological polar surface area (TPSA) is 40.9 Å². The molecule has 0 unspecified atom stereocenters. The van der Waals surface area contributed by atoms with Crippen LogP contribution >= 0.6 is 0 Å². The van der Waals surface area contributed by atoms with Gasteiger partial charge in [0.25, 0.3) is 0 Å². The molecule has 5 nitrogen and oxygen atoms in total.